The molecule has 0 saturated heterocycles. The van der Waals surface area contributed by atoms with Crippen LogP contribution < -0.4 is 5.32 Å². The molecule has 0 amide bonds. The van der Waals surface area contributed by atoms with Gasteiger partial charge in [0, 0.05) is 18.9 Å². The molecule has 3 atom stereocenters. The van der Waals surface area contributed by atoms with Gasteiger partial charge in [-0.25, -0.2) is 0 Å². The highest BCUT2D eigenvalue weighted by atomic mass is 16.3. The van der Waals surface area contributed by atoms with Crippen LogP contribution in [-0.2, 0) is 4.79 Å². The number of aliphatic hydroxyl groups excluding tert-OH is 1. The zero-order valence-corrected chi connectivity index (χ0v) is 10.8. The first kappa shape index (κ1) is 11.8. The van der Waals surface area contributed by atoms with Crippen LogP contribution in [0.3, 0.4) is 0 Å². The fourth-order valence-corrected chi connectivity index (χ4v) is 3.30. The lowest BCUT2D eigenvalue weighted by Gasteiger charge is -2.24. The molecule has 3 aliphatic rings. The fraction of sp³-hybridized carbons (Fsp3) is 0.714. The van der Waals surface area contributed by atoms with Crippen molar-refractivity contribution in [2.45, 2.75) is 57.5 Å². The molecule has 18 heavy (non-hydrogen) atoms. The molecule has 1 fully saturated rings. The predicted molar refractivity (Wildman–Crippen MR) is 69.7 cm³/mol. The maximum Gasteiger partial charge on any atom is 0.170 e. The van der Waals surface area contributed by atoms with E-state index < -0.39 is 0 Å². The highest BCUT2D eigenvalue weighted by Crippen LogP contribution is 2.30. The van der Waals surface area contributed by atoms with Crippen LogP contribution in [0.4, 0.5) is 0 Å². The lowest BCUT2D eigenvalue weighted by molar-refractivity contribution is -0.116. The molecule has 1 saturated carbocycles. The number of hydrogen-bond acceptors (Lipinski definition) is 4. The van der Waals surface area contributed by atoms with Crippen molar-refractivity contribution in [2.75, 3.05) is 0 Å². The van der Waals surface area contributed by atoms with E-state index in [2.05, 4.69) is 10.3 Å². The number of hydrogen-bond donors (Lipinski definition) is 2. The van der Waals surface area contributed by atoms with Crippen molar-refractivity contribution in [1.82, 2.24) is 5.32 Å². The molecular weight excluding hydrogens is 228 g/mol. The quantitative estimate of drug-likeness (QED) is 0.747. The van der Waals surface area contributed by atoms with E-state index in [0.717, 1.165) is 12.8 Å². The van der Waals surface area contributed by atoms with Crippen LogP contribution in [0.2, 0.25) is 0 Å². The number of Topliss-reactive ketones (excluding diaryl/α,β-unsaturated/α-hetero) is 1. The molecule has 0 bridgehead atoms. The van der Waals surface area contributed by atoms with Gasteiger partial charge >= 0.3 is 0 Å². The molecule has 0 spiro atoms. The lowest BCUT2D eigenvalue weighted by Crippen LogP contribution is -2.39. The second kappa shape index (κ2) is 4.41. The minimum absolute atomic E-state index is 0.0381. The Bertz CT molecular complexity index is 439. The fourth-order valence-electron chi connectivity index (χ4n) is 3.30. The van der Waals surface area contributed by atoms with Crippen molar-refractivity contribution < 1.29 is 9.90 Å². The second-order valence-electron chi connectivity index (χ2n) is 5.84. The Balaban J connectivity index is 1.87. The molecule has 2 aliphatic carbocycles. The molecule has 3 rings (SSSR count). The van der Waals surface area contributed by atoms with E-state index >= 15 is 0 Å². The molecule has 2 N–H and O–H groups in total. The van der Waals surface area contributed by atoms with Gasteiger partial charge in [0.2, 0.25) is 0 Å². The van der Waals surface area contributed by atoms with E-state index in [9.17, 15) is 9.90 Å². The Labute approximate surface area is 107 Å². The molecule has 4 heteroatoms. The van der Waals surface area contributed by atoms with E-state index in [0.29, 0.717) is 36.3 Å². The van der Waals surface area contributed by atoms with Gasteiger partial charge in [0.25, 0.3) is 0 Å². The van der Waals surface area contributed by atoms with Gasteiger partial charge in [-0.15, -0.1) is 0 Å². The van der Waals surface area contributed by atoms with E-state index in [4.69, 9.17) is 0 Å². The van der Waals surface area contributed by atoms with Gasteiger partial charge in [-0.05, 0) is 18.8 Å². The third-order valence-electron chi connectivity index (χ3n) is 4.23. The summed E-state index contributed by atoms with van der Waals surface area (Å²) in [6, 6.07) is 0.683. The maximum absolute atomic E-state index is 12.1. The van der Waals surface area contributed by atoms with Crippen molar-refractivity contribution >= 4 is 11.6 Å². The van der Waals surface area contributed by atoms with Crippen molar-refractivity contribution in [3.8, 4) is 0 Å². The molecular formula is C14H20N2O2. The SMILES string of the molecule is CC1CC(=O)C(C2=N[C@@H]3CCCC[C@H]3N2)=C(O)C1. The summed E-state index contributed by atoms with van der Waals surface area (Å²) in [4.78, 5) is 16.7. The molecule has 0 radical (unpaired) electrons. The normalized spacial score (nSPS) is 36.2. The number of aliphatic imine (C=N–C) groups is 1. The van der Waals surface area contributed by atoms with Crippen molar-refractivity contribution in [2.24, 2.45) is 10.9 Å². The maximum atomic E-state index is 12.1. The summed E-state index contributed by atoms with van der Waals surface area (Å²) in [5.41, 5.74) is 0.461. The monoisotopic (exact) mass is 248 g/mol. The number of nitrogens with one attached hydrogen (secondary N) is 1. The first-order valence-electron chi connectivity index (χ1n) is 6.95. The highest BCUT2D eigenvalue weighted by molar-refractivity contribution is 6.22. The van der Waals surface area contributed by atoms with Gasteiger partial charge in [0.1, 0.15) is 11.6 Å². The Morgan fingerprint density at radius 1 is 1.28 bits per heavy atom. The van der Waals surface area contributed by atoms with Crippen molar-refractivity contribution in [3.05, 3.63) is 11.3 Å². The van der Waals surface area contributed by atoms with E-state index in [1.54, 1.807) is 0 Å². The molecule has 0 aromatic carbocycles. The van der Waals surface area contributed by atoms with Gasteiger partial charge < -0.3 is 10.4 Å². The van der Waals surface area contributed by atoms with Crippen molar-refractivity contribution in [3.63, 3.8) is 0 Å². The summed E-state index contributed by atoms with van der Waals surface area (Å²) in [5.74, 6) is 1.16. The van der Waals surface area contributed by atoms with Crippen LogP contribution in [0.25, 0.3) is 0 Å². The number of ketones is 1. The molecule has 4 nitrogen and oxygen atoms in total. The van der Waals surface area contributed by atoms with Crippen LogP contribution in [0.1, 0.15) is 45.4 Å². The van der Waals surface area contributed by atoms with Crippen LogP contribution >= 0.6 is 0 Å². The number of rotatable bonds is 1. The van der Waals surface area contributed by atoms with Crippen molar-refractivity contribution in [1.29, 1.82) is 0 Å². The Morgan fingerprint density at radius 3 is 2.78 bits per heavy atom. The molecule has 0 aromatic heterocycles. The minimum Gasteiger partial charge on any atom is -0.511 e. The largest absolute Gasteiger partial charge is 0.511 e. The molecule has 1 unspecified atom stereocenters. The van der Waals surface area contributed by atoms with Crippen LogP contribution in [-0.4, -0.2) is 28.8 Å². The number of aliphatic hydroxyl groups is 1. The highest BCUT2D eigenvalue weighted by Gasteiger charge is 2.36. The average Bonchev–Trinajstić information content (AvgIpc) is 2.70. The van der Waals surface area contributed by atoms with Crippen LogP contribution in [0, 0.1) is 5.92 Å². The van der Waals surface area contributed by atoms with Crippen LogP contribution in [0.15, 0.2) is 16.3 Å². The number of allylic oxidation sites excluding steroid dienone is 1. The summed E-state index contributed by atoms with van der Waals surface area (Å²) in [6.07, 6.45) is 5.78. The molecule has 0 aromatic rings. The number of carbonyl (C=O) groups is 1. The summed E-state index contributed by atoms with van der Waals surface area (Å²) in [5, 5.41) is 13.4. The zero-order chi connectivity index (χ0) is 12.7. The molecule has 98 valence electrons. The first-order chi connectivity index (χ1) is 8.65. The minimum atomic E-state index is 0.0381. The van der Waals surface area contributed by atoms with Gasteiger partial charge in [-0.1, -0.05) is 19.8 Å². The standard InChI is InChI=1S/C14H20N2O2/c1-8-6-11(17)13(12(18)7-8)14-15-9-4-2-3-5-10(9)16-14/h8-10,17H,2-7H2,1H3,(H,15,16)/t8?,9-,10-/m1/s1. The van der Waals surface area contributed by atoms with Crippen LogP contribution in [0.5, 0.6) is 0 Å². The van der Waals surface area contributed by atoms with Gasteiger partial charge in [0.15, 0.2) is 5.78 Å². The lowest BCUT2D eigenvalue weighted by atomic mass is 9.88. The topological polar surface area (TPSA) is 61.7 Å². The van der Waals surface area contributed by atoms with Gasteiger partial charge in [-0.2, -0.15) is 0 Å². The average molecular weight is 248 g/mol. The zero-order valence-electron chi connectivity index (χ0n) is 10.8. The van der Waals surface area contributed by atoms with E-state index in [1.165, 1.54) is 12.8 Å². The predicted octanol–water partition coefficient (Wildman–Crippen LogP) is 2.11. The first-order valence-corrected chi connectivity index (χ1v) is 6.95. The number of fused-ring (bicyclic) bond motifs is 1. The summed E-state index contributed by atoms with van der Waals surface area (Å²) in [7, 11) is 0. The number of amidine groups is 1. The number of carbonyl (C=O) groups excluding carboxylic acids is 1. The Hall–Kier alpha value is -1.32. The van der Waals surface area contributed by atoms with E-state index in [-0.39, 0.29) is 17.5 Å². The molecule has 1 heterocycles. The summed E-state index contributed by atoms with van der Waals surface area (Å²) < 4.78 is 0. The number of nitrogens with zero attached hydrogens (tertiary/aromatic N) is 1. The van der Waals surface area contributed by atoms with E-state index in [1.807, 2.05) is 6.92 Å². The Kier molecular flexibility index (Phi) is 2.88. The second-order valence-corrected chi connectivity index (χ2v) is 5.84. The summed E-state index contributed by atoms with van der Waals surface area (Å²) in [6.45, 7) is 1.99. The Morgan fingerprint density at radius 2 is 2.06 bits per heavy atom. The smallest absolute Gasteiger partial charge is 0.170 e. The van der Waals surface area contributed by atoms with Gasteiger partial charge in [0.05, 0.1) is 11.6 Å². The molecule has 1 aliphatic heterocycles. The third-order valence-corrected chi connectivity index (χ3v) is 4.23. The third kappa shape index (κ3) is 1.93. The van der Waals surface area contributed by atoms with Gasteiger partial charge in [-0.3, -0.25) is 9.79 Å². The summed E-state index contributed by atoms with van der Waals surface area (Å²) >= 11 is 0.